The van der Waals surface area contributed by atoms with Crippen molar-refractivity contribution < 1.29 is 28.3 Å². The number of likely N-dealkylation sites (tertiary alicyclic amines) is 1. The highest BCUT2D eigenvalue weighted by molar-refractivity contribution is 6.30. The summed E-state index contributed by atoms with van der Waals surface area (Å²) in [6, 6.07) is 2.52. The Hall–Kier alpha value is -2.48. The molecule has 1 aromatic rings. The molecule has 1 aliphatic carbocycles. The van der Waals surface area contributed by atoms with Gasteiger partial charge in [0, 0.05) is 5.02 Å². The average molecular weight is 411 g/mol. The van der Waals surface area contributed by atoms with Gasteiger partial charge in [0.2, 0.25) is 11.8 Å². The molecule has 0 aromatic heterocycles. The molecule has 0 radical (unpaired) electrons. The number of imide groups is 1. The van der Waals surface area contributed by atoms with E-state index in [-0.39, 0.29) is 34.4 Å². The molecule has 1 N–H and O–H groups in total. The maximum atomic E-state index is 13.6. The van der Waals surface area contributed by atoms with E-state index in [2.05, 4.69) is 5.32 Å². The summed E-state index contributed by atoms with van der Waals surface area (Å²) in [6.07, 6.45) is 3.04. The molecule has 0 unspecified atom stereocenters. The van der Waals surface area contributed by atoms with Crippen molar-refractivity contribution in [1.82, 2.24) is 4.90 Å². The molecule has 1 saturated carbocycles. The van der Waals surface area contributed by atoms with E-state index in [1.165, 1.54) is 19.1 Å². The molecule has 3 amide bonds. The summed E-state index contributed by atoms with van der Waals surface area (Å²) in [5.41, 5.74) is -0.143. The van der Waals surface area contributed by atoms with Crippen LogP contribution < -0.4 is 5.32 Å². The van der Waals surface area contributed by atoms with Gasteiger partial charge in [-0.3, -0.25) is 19.3 Å². The third-order valence-corrected chi connectivity index (χ3v) is 5.39. The number of anilines is 1. The number of carbonyl (C=O) groups is 4. The highest BCUT2D eigenvalue weighted by Crippen LogP contribution is 2.38. The zero-order valence-corrected chi connectivity index (χ0v) is 16.0. The van der Waals surface area contributed by atoms with Crippen LogP contribution in [0.2, 0.25) is 5.02 Å². The van der Waals surface area contributed by atoms with E-state index in [0.29, 0.717) is 12.8 Å². The van der Waals surface area contributed by atoms with Crippen molar-refractivity contribution in [3.8, 4) is 0 Å². The van der Waals surface area contributed by atoms with Crippen molar-refractivity contribution in [3.05, 3.63) is 29.0 Å². The van der Waals surface area contributed by atoms with Crippen molar-refractivity contribution >= 4 is 41.0 Å². The number of benzene rings is 1. The van der Waals surface area contributed by atoms with Crippen molar-refractivity contribution in [3.63, 3.8) is 0 Å². The number of ether oxygens (including phenoxy) is 1. The number of carbonyl (C=O) groups excluding carboxylic acids is 4. The number of fused-ring (bicyclic) bond motifs is 1. The topological polar surface area (TPSA) is 92.8 Å². The number of rotatable bonds is 5. The third-order valence-electron chi connectivity index (χ3n) is 5.15. The van der Waals surface area contributed by atoms with Gasteiger partial charge in [-0.2, -0.15) is 0 Å². The van der Waals surface area contributed by atoms with Crippen LogP contribution in [-0.4, -0.2) is 41.2 Å². The summed E-state index contributed by atoms with van der Waals surface area (Å²) < 4.78 is 18.5. The molecule has 2 fully saturated rings. The third kappa shape index (κ3) is 4.01. The van der Waals surface area contributed by atoms with E-state index in [1.807, 2.05) is 0 Å². The first-order chi connectivity index (χ1) is 13.3. The second-order valence-electron chi connectivity index (χ2n) is 7.00. The molecule has 1 heterocycles. The van der Waals surface area contributed by atoms with Gasteiger partial charge in [-0.25, -0.2) is 9.18 Å². The van der Waals surface area contributed by atoms with E-state index in [1.54, 1.807) is 0 Å². The summed E-state index contributed by atoms with van der Waals surface area (Å²) >= 11 is 5.75. The molecule has 7 nitrogen and oxygen atoms in total. The maximum Gasteiger partial charge on any atom is 0.329 e. The maximum absolute atomic E-state index is 13.6. The fourth-order valence-electron chi connectivity index (χ4n) is 3.71. The smallest absolute Gasteiger partial charge is 0.329 e. The molecule has 3 atom stereocenters. The van der Waals surface area contributed by atoms with E-state index < -0.39 is 30.3 Å². The fraction of sp³-hybridized carbons (Fsp3) is 0.474. The Labute approximate surface area is 166 Å². The number of nitrogens with zero attached hydrogens (tertiary/aromatic N) is 1. The molecule has 3 rings (SSSR count). The van der Waals surface area contributed by atoms with Gasteiger partial charge in [-0.15, -0.1) is 0 Å². The predicted octanol–water partition coefficient (Wildman–Crippen LogP) is 2.52. The lowest BCUT2D eigenvalue weighted by Crippen LogP contribution is -2.45. The highest BCUT2D eigenvalue weighted by atomic mass is 35.5. The number of hydrogen-bond donors (Lipinski definition) is 1. The van der Waals surface area contributed by atoms with Crippen LogP contribution in [0.3, 0.4) is 0 Å². The number of hydrogen-bond acceptors (Lipinski definition) is 5. The van der Waals surface area contributed by atoms with Crippen LogP contribution in [0.1, 0.15) is 32.6 Å². The highest BCUT2D eigenvalue weighted by Gasteiger charge is 2.51. The van der Waals surface area contributed by atoms with Crippen molar-refractivity contribution in [2.45, 2.75) is 38.6 Å². The van der Waals surface area contributed by atoms with E-state index in [9.17, 15) is 23.6 Å². The molecule has 28 heavy (non-hydrogen) atoms. The van der Waals surface area contributed by atoms with Crippen LogP contribution in [0.4, 0.5) is 10.1 Å². The van der Waals surface area contributed by atoms with Gasteiger partial charge in [0.1, 0.15) is 11.9 Å². The Bertz CT molecular complexity index is 807. The molecule has 1 saturated heterocycles. The van der Waals surface area contributed by atoms with Crippen LogP contribution in [0.5, 0.6) is 0 Å². The lowest BCUT2D eigenvalue weighted by atomic mass is 9.81. The molecule has 150 valence electrons. The Morgan fingerprint density at radius 2 is 1.86 bits per heavy atom. The fourth-order valence-corrected chi connectivity index (χ4v) is 3.88. The molecule has 9 heteroatoms. The lowest BCUT2D eigenvalue weighted by molar-refractivity contribution is -0.159. The first-order valence-corrected chi connectivity index (χ1v) is 9.46. The van der Waals surface area contributed by atoms with Crippen molar-refractivity contribution in [2.24, 2.45) is 11.8 Å². The quantitative estimate of drug-likeness (QED) is 0.594. The van der Waals surface area contributed by atoms with Gasteiger partial charge in [-0.05, 0) is 38.0 Å². The Balaban J connectivity index is 1.57. The monoisotopic (exact) mass is 410 g/mol. The summed E-state index contributed by atoms with van der Waals surface area (Å²) in [7, 11) is 0. The minimum absolute atomic E-state index is 0.143. The standard InChI is InChI=1S/C19H20ClFN2O5/c1-10(23-17(25)12-4-2-3-5-13(12)18(23)26)19(27)28-9-16(24)22-15-8-11(20)6-7-14(15)21/h6-8,10,12-13H,2-5,9H2,1H3,(H,22,24)/t10-,12-,13-/m0/s1. The summed E-state index contributed by atoms with van der Waals surface area (Å²) in [6.45, 7) is 0.711. The second kappa shape index (κ2) is 8.26. The number of amides is 3. The van der Waals surface area contributed by atoms with E-state index in [0.717, 1.165) is 23.8 Å². The number of esters is 1. The second-order valence-corrected chi connectivity index (χ2v) is 7.44. The van der Waals surface area contributed by atoms with E-state index in [4.69, 9.17) is 16.3 Å². The largest absolute Gasteiger partial charge is 0.454 e. The van der Waals surface area contributed by atoms with Crippen LogP contribution >= 0.6 is 11.6 Å². The predicted molar refractivity (Wildman–Crippen MR) is 97.8 cm³/mol. The van der Waals surface area contributed by atoms with Crippen LogP contribution in [0.15, 0.2) is 18.2 Å². The van der Waals surface area contributed by atoms with Gasteiger partial charge in [-0.1, -0.05) is 24.4 Å². The Morgan fingerprint density at radius 1 is 1.25 bits per heavy atom. The van der Waals surface area contributed by atoms with Crippen LogP contribution in [0.25, 0.3) is 0 Å². The SMILES string of the molecule is C[C@@H](C(=O)OCC(=O)Nc1cc(Cl)ccc1F)N1C(=O)[C@H]2CCCC[C@@H]2C1=O. The summed E-state index contributed by atoms with van der Waals surface area (Å²) in [4.78, 5) is 50.1. The van der Waals surface area contributed by atoms with Crippen molar-refractivity contribution in [2.75, 3.05) is 11.9 Å². The zero-order chi connectivity index (χ0) is 20.4. The van der Waals surface area contributed by atoms with E-state index >= 15 is 0 Å². The lowest BCUT2D eigenvalue weighted by Gasteiger charge is -2.21. The minimum Gasteiger partial charge on any atom is -0.454 e. The molecule has 1 aliphatic heterocycles. The van der Waals surface area contributed by atoms with Crippen molar-refractivity contribution in [1.29, 1.82) is 0 Å². The van der Waals surface area contributed by atoms with Gasteiger partial charge in [0.15, 0.2) is 6.61 Å². The van der Waals surface area contributed by atoms with Gasteiger partial charge in [0.05, 0.1) is 17.5 Å². The van der Waals surface area contributed by atoms with Gasteiger partial charge in [0.25, 0.3) is 5.91 Å². The minimum atomic E-state index is -1.12. The van der Waals surface area contributed by atoms with Gasteiger partial charge < -0.3 is 10.1 Å². The van der Waals surface area contributed by atoms with Crippen LogP contribution in [0, 0.1) is 17.7 Å². The van der Waals surface area contributed by atoms with Gasteiger partial charge >= 0.3 is 5.97 Å². The summed E-state index contributed by atoms with van der Waals surface area (Å²) in [5, 5.41) is 2.48. The Morgan fingerprint density at radius 3 is 2.46 bits per heavy atom. The summed E-state index contributed by atoms with van der Waals surface area (Å²) in [5.74, 6) is -3.78. The number of halogens is 2. The Kier molecular flexibility index (Phi) is 5.98. The average Bonchev–Trinajstić information content (AvgIpc) is 2.93. The molecule has 2 aliphatic rings. The zero-order valence-electron chi connectivity index (χ0n) is 15.2. The first kappa shape index (κ1) is 20.3. The van der Waals surface area contributed by atoms with Crippen LogP contribution in [-0.2, 0) is 23.9 Å². The molecular weight excluding hydrogens is 391 g/mol. The molecular formula is C19H20ClFN2O5. The molecule has 0 spiro atoms. The first-order valence-electron chi connectivity index (χ1n) is 9.08. The number of nitrogens with one attached hydrogen (secondary N) is 1. The normalized spacial score (nSPS) is 22.6. The molecule has 0 bridgehead atoms. The molecule has 1 aromatic carbocycles.